The molecule has 0 saturated carbocycles. The Labute approximate surface area is 130 Å². The maximum Gasteiger partial charge on any atom is 0.274 e. The molecule has 2 rings (SSSR count). The van der Waals surface area contributed by atoms with Crippen molar-refractivity contribution in [2.75, 3.05) is 5.73 Å². The second-order valence-corrected chi connectivity index (χ2v) is 6.57. The van der Waals surface area contributed by atoms with Gasteiger partial charge in [-0.3, -0.25) is 14.3 Å². The molecule has 1 unspecified atom stereocenters. The summed E-state index contributed by atoms with van der Waals surface area (Å²) < 4.78 is 26.1. The molecule has 0 fully saturated rings. The molecule has 5 nitrogen and oxygen atoms in total. The normalized spacial score (nSPS) is 12.1. The van der Waals surface area contributed by atoms with Crippen LogP contribution in [-0.2, 0) is 16.6 Å². The first kappa shape index (κ1) is 15.6. The van der Waals surface area contributed by atoms with Crippen molar-refractivity contribution in [3.63, 3.8) is 0 Å². The van der Waals surface area contributed by atoms with E-state index in [9.17, 15) is 18.7 Å². The van der Waals surface area contributed by atoms with Crippen LogP contribution in [0.15, 0.2) is 45.8 Å². The Morgan fingerprint density at radius 1 is 1.29 bits per heavy atom. The fourth-order valence-corrected chi connectivity index (χ4v) is 3.20. The molecule has 0 radical (unpaired) electrons. The van der Waals surface area contributed by atoms with E-state index in [1.165, 1.54) is 24.3 Å². The summed E-state index contributed by atoms with van der Waals surface area (Å²) >= 11 is 3.15. The van der Waals surface area contributed by atoms with E-state index in [4.69, 9.17) is 5.73 Å². The average molecular weight is 373 g/mol. The molecule has 2 aromatic rings. The highest BCUT2D eigenvalue weighted by Crippen LogP contribution is 2.26. The van der Waals surface area contributed by atoms with Crippen molar-refractivity contribution in [2.24, 2.45) is 0 Å². The molecule has 2 N–H and O–H groups in total. The van der Waals surface area contributed by atoms with Gasteiger partial charge in [-0.1, -0.05) is 22.0 Å². The smallest absolute Gasteiger partial charge is 0.274 e. The Bertz CT molecular complexity index is 739. The minimum atomic E-state index is -1.60. The third-order valence-corrected chi connectivity index (χ3v) is 4.61. The molecule has 0 aliphatic carbocycles. The first-order valence-electron chi connectivity index (χ1n) is 5.74. The summed E-state index contributed by atoms with van der Waals surface area (Å²) in [6.07, 6.45) is 0. The number of nitrogens with zero attached hydrogens (tertiary/aromatic N) is 1. The molecule has 0 bridgehead atoms. The number of nitrogen functional groups attached to an aromatic ring is 1. The van der Waals surface area contributed by atoms with Crippen LogP contribution in [0.3, 0.4) is 0 Å². The number of anilines is 1. The van der Waals surface area contributed by atoms with Crippen LogP contribution in [-0.4, -0.2) is 9.13 Å². The number of hydrogen-bond donors (Lipinski definition) is 1. The van der Waals surface area contributed by atoms with Gasteiger partial charge in [-0.15, -0.1) is 0 Å². The summed E-state index contributed by atoms with van der Waals surface area (Å²) in [7, 11) is -1.60. The summed E-state index contributed by atoms with van der Waals surface area (Å²) in [5.41, 5.74) is 5.50. The minimum absolute atomic E-state index is 0.0367. The van der Waals surface area contributed by atoms with Gasteiger partial charge in [0.25, 0.3) is 5.69 Å². The third-order valence-electron chi connectivity index (χ3n) is 2.77. The van der Waals surface area contributed by atoms with E-state index in [1.54, 1.807) is 6.07 Å². The zero-order chi connectivity index (χ0) is 15.6. The van der Waals surface area contributed by atoms with Crippen molar-refractivity contribution in [1.82, 2.24) is 0 Å². The van der Waals surface area contributed by atoms with Gasteiger partial charge >= 0.3 is 0 Å². The minimum Gasteiger partial charge on any atom is -0.396 e. The zero-order valence-electron chi connectivity index (χ0n) is 10.6. The van der Waals surface area contributed by atoms with Gasteiger partial charge in [-0.2, -0.15) is 0 Å². The van der Waals surface area contributed by atoms with Crippen LogP contribution in [0.5, 0.6) is 0 Å². The van der Waals surface area contributed by atoms with E-state index >= 15 is 0 Å². The fourth-order valence-electron chi connectivity index (χ4n) is 1.70. The van der Waals surface area contributed by atoms with Crippen LogP contribution in [0.1, 0.15) is 5.56 Å². The lowest BCUT2D eigenvalue weighted by Crippen LogP contribution is -2.02. The number of rotatable bonds is 4. The van der Waals surface area contributed by atoms with Crippen molar-refractivity contribution in [1.29, 1.82) is 0 Å². The van der Waals surface area contributed by atoms with E-state index in [2.05, 4.69) is 15.9 Å². The molecule has 0 heterocycles. The Morgan fingerprint density at radius 2 is 2.00 bits per heavy atom. The molecule has 1 atom stereocenters. The molecule has 0 aliphatic rings. The fraction of sp³-hybridized carbons (Fsp3) is 0.0769. The number of nitrogens with two attached hydrogens (primary N) is 1. The van der Waals surface area contributed by atoms with Crippen LogP contribution in [0, 0.1) is 15.9 Å². The van der Waals surface area contributed by atoms with Gasteiger partial charge in [0.2, 0.25) is 0 Å². The predicted octanol–water partition coefficient (Wildman–Crippen LogP) is 3.39. The Hall–Kier alpha value is -1.80. The monoisotopic (exact) mass is 372 g/mol. The highest BCUT2D eigenvalue weighted by molar-refractivity contribution is 9.10. The second-order valence-electron chi connectivity index (χ2n) is 4.20. The lowest BCUT2D eigenvalue weighted by Gasteiger charge is -2.05. The average Bonchev–Trinajstić information content (AvgIpc) is 2.43. The van der Waals surface area contributed by atoms with Gasteiger partial charge in [-0.05, 0) is 24.3 Å². The van der Waals surface area contributed by atoms with E-state index in [1.807, 2.05) is 0 Å². The summed E-state index contributed by atoms with van der Waals surface area (Å²) in [5.74, 6) is -0.737. The molecule has 110 valence electrons. The van der Waals surface area contributed by atoms with E-state index in [0.29, 0.717) is 10.0 Å². The summed E-state index contributed by atoms with van der Waals surface area (Å²) in [6.45, 7) is 0. The zero-order valence-corrected chi connectivity index (χ0v) is 13.0. The highest BCUT2D eigenvalue weighted by Gasteiger charge is 2.17. The van der Waals surface area contributed by atoms with Gasteiger partial charge in [0, 0.05) is 21.0 Å². The number of hydrogen-bond acceptors (Lipinski definition) is 4. The number of nitro benzene ring substituents is 1. The first-order valence-corrected chi connectivity index (χ1v) is 7.86. The van der Waals surface area contributed by atoms with Gasteiger partial charge in [0.05, 0.1) is 27.2 Å². The molecule has 0 aliphatic heterocycles. The lowest BCUT2D eigenvalue weighted by molar-refractivity contribution is -0.385. The van der Waals surface area contributed by atoms with E-state index in [-0.39, 0.29) is 22.0 Å². The lowest BCUT2D eigenvalue weighted by atomic mass is 10.2. The van der Waals surface area contributed by atoms with Gasteiger partial charge in [0.1, 0.15) is 5.82 Å². The molecule has 8 heteroatoms. The third kappa shape index (κ3) is 3.64. The highest BCUT2D eigenvalue weighted by atomic mass is 79.9. The molecule has 0 aromatic heterocycles. The topological polar surface area (TPSA) is 86.2 Å². The van der Waals surface area contributed by atoms with E-state index < -0.39 is 21.5 Å². The molecule has 21 heavy (non-hydrogen) atoms. The summed E-state index contributed by atoms with van der Waals surface area (Å²) in [6, 6.07) is 8.33. The largest absolute Gasteiger partial charge is 0.396 e. The quantitative estimate of drug-likeness (QED) is 0.506. The van der Waals surface area contributed by atoms with Crippen molar-refractivity contribution in [2.45, 2.75) is 10.6 Å². The Morgan fingerprint density at radius 3 is 2.62 bits per heavy atom. The van der Waals surface area contributed by atoms with E-state index in [0.717, 1.165) is 6.07 Å². The summed E-state index contributed by atoms with van der Waals surface area (Å²) in [5, 5.41) is 11.0. The molecular formula is C13H10BrFN2O3S. The number of nitro groups is 1. The van der Waals surface area contributed by atoms with Crippen LogP contribution in [0.4, 0.5) is 15.8 Å². The SMILES string of the molecule is Nc1ccc(S(=O)Cc2ccc(Br)cc2[N+](=O)[O-])cc1F. The van der Waals surface area contributed by atoms with Crippen LogP contribution < -0.4 is 5.73 Å². The molecule has 0 saturated heterocycles. The maximum absolute atomic E-state index is 13.4. The maximum atomic E-state index is 13.4. The van der Waals surface area contributed by atoms with Crippen LogP contribution in [0.2, 0.25) is 0 Å². The molecule has 2 aromatic carbocycles. The number of halogens is 2. The van der Waals surface area contributed by atoms with Crippen LogP contribution in [0.25, 0.3) is 0 Å². The molecule has 0 amide bonds. The molecule has 0 spiro atoms. The van der Waals surface area contributed by atoms with Crippen molar-refractivity contribution < 1.29 is 13.5 Å². The summed E-state index contributed by atoms with van der Waals surface area (Å²) in [4.78, 5) is 10.7. The molecular weight excluding hydrogens is 363 g/mol. The van der Waals surface area contributed by atoms with Gasteiger partial charge < -0.3 is 5.73 Å². The van der Waals surface area contributed by atoms with Crippen molar-refractivity contribution in [3.05, 3.63) is 62.4 Å². The predicted molar refractivity (Wildman–Crippen MR) is 81.7 cm³/mol. The second kappa shape index (κ2) is 6.31. The van der Waals surface area contributed by atoms with Crippen LogP contribution >= 0.6 is 15.9 Å². The number of benzene rings is 2. The van der Waals surface area contributed by atoms with Crippen molar-refractivity contribution >= 4 is 38.1 Å². The van der Waals surface area contributed by atoms with Gasteiger partial charge in [-0.25, -0.2) is 4.39 Å². The van der Waals surface area contributed by atoms with Crippen molar-refractivity contribution in [3.8, 4) is 0 Å². The first-order chi connectivity index (χ1) is 9.88. The van der Waals surface area contributed by atoms with Gasteiger partial charge in [0.15, 0.2) is 0 Å². The standard InChI is InChI=1S/C13H10BrFN2O3S/c14-9-2-1-8(13(5-9)17(18)19)7-21(20)10-3-4-12(16)11(15)6-10/h1-6H,7,16H2. The Kier molecular flexibility index (Phi) is 4.69. The Balaban J connectivity index is 2.31.